The number of methoxy groups -OCH3 is 1. The van der Waals surface area contributed by atoms with Crippen molar-refractivity contribution in [1.82, 2.24) is 18.7 Å². The van der Waals surface area contributed by atoms with E-state index in [2.05, 4.69) is 21.6 Å². The number of aryl methyl sites for hydroxylation is 2. The minimum atomic E-state index is -3.69. The molecule has 0 aliphatic carbocycles. The zero-order chi connectivity index (χ0) is 25.9. The maximum atomic E-state index is 13.1. The normalized spacial score (nSPS) is 16.5. The van der Waals surface area contributed by atoms with Gasteiger partial charge in [-0.25, -0.2) is 8.42 Å². The summed E-state index contributed by atoms with van der Waals surface area (Å²) >= 11 is 0. The Kier molecular flexibility index (Phi) is 8.39. The van der Waals surface area contributed by atoms with Crippen LogP contribution in [0.2, 0.25) is 0 Å². The number of likely N-dealkylation sites (N-methyl/N-ethyl adjacent to an activating group) is 1. The molecule has 1 amide bonds. The summed E-state index contributed by atoms with van der Waals surface area (Å²) in [5.74, 6) is 0.553. The molecule has 0 unspecified atom stereocenters. The monoisotopic (exact) mass is 518 g/mol. The van der Waals surface area contributed by atoms with Gasteiger partial charge in [-0.3, -0.25) is 9.69 Å². The first-order valence-electron chi connectivity index (χ1n) is 12.6. The Morgan fingerprint density at radius 3 is 2.42 bits per heavy atom. The third kappa shape index (κ3) is 5.77. The topological polar surface area (TPSA) is 84.3 Å². The molecule has 36 heavy (non-hydrogen) atoms. The summed E-state index contributed by atoms with van der Waals surface area (Å²) < 4.78 is 40.7. The van der Waals surface area contributed by atoms with Gasteiger partial charge in [-0.2, -0.15) is 4.31 Å². The van der Waals surface area contributed by atoms with Crippen molar-refractivity contribution in [3.8, 4) is 5.75 Å². The summed E-state index contributed by atoms with van der Waals surface area (Å²) in [7, 11) is -0.603. The molecule has 2 aliphatic heterocycles. The number of carbonyl (C=O) groups is 1. The van der Waals surface area contributed by atoms with Gasteiger partial charge >= 0.3 is 0 Å². The van der Waals surface area contributed by atoms with Crippen molar-refractivity contribution in [2.75, 3.05) is 53.6 Å². The Hall–Kier alpha value is -2.40. The van der Waals surface area contributed by atoms with Crippen LogP contribution in [0.25, 0.3) is 0 Å². The van der Waals surface area contributed by atoms with E-state index in [4.69, 9.17) is 9.47 Å². The van der Waals surface area contributed by atoms with Crippen LogP contribution in [0.1, 0.15) is 35.4 Å². The van der Waals surface area contributed by atoms with Crippen LogP contribution in [0, 0.1) is 13.8 Å². The van der Waals surface area contributed by atoms with Crippen molar-refractivity contribution < 1.29 is 22.7 Å². The van der Waals surface area contributed by atoms with Gasteiger partial charge in [-0.1, -0.05) is 0 Å². The summed E-state index contributed by atoms with van der Waals surface area (Å²) in [5.41, 5.74) is 3.74. The lowest BCUT2D eigenvalue weighted by molar-refractivity contribution is -0.137. The van der Waals surface area contributed by atoms with Gasteiger partial charge in [-0.05, 0) is 75.2 Å². The summed E-state index contributed by atoms with van der Waals surface area (Å²) in [4.78, 5) is 17.3. The largest absolute Gasteiger partial charge is 0.497 e. The first-order valence-corrected chi connectivity index (χ1v) is 14.0. The maximum absolute atomic E-state index is 13.1. The van der Waals surface area contributed by atoms with Crippen molar-refractivity contribution >= 4 is 15.9 Å². The van der Waals surface area contributed by atoms with E-state index >= 15 is 0 Å². The third-order valence-electron chi connectivity index (χ3n) is 7.16. The van der Waals surface area contributed by atoms with Crippen LogP contribution >= 0.6 is 0 Å². The van der Waals surface area contributed by atoms with Crippen LogP contribution in [0.4, 0.5) is 0 Å². The standard InChI is InChI=1S/C26H38N4O5S/c1-20-15-24(34-4)16-21(2)26(20)36(32,33)27(3)13-14-35-19-25(31)29-11-12-30-22(7-8-23(30)18-29)17-28-9-5-6-10-28/h7-8,15-16H,5-6,9-14,17-19H2,1-4H3. The molecule has 1 saturated heterocycles. The molecule has 1 fully saturated rings. The smallest absolute Gasteiger partial charge is 0.248 e. The molecule has 3 heterocycles. The molecule has 0 spiro atoms. The zero-order valence-electron chi connectivity index (χ0n) is 21.8. The number of aromatic nitrogens is 1. The summed E-state index contributed by atoms with van der Waals surface area (Å²) in [6, 6.07) is 7.73. The van der Waals surface area contributed by atoms with Crippen LogP contribution in [0.3, 0.4) is 0 Å². The Bertz CT molecular complexity index is 1160. The molecule has 0 atom stereocenters. The minimum Gasteiger partial charge on any atom is -0.497 e. The van der Waals surface area contributed by atoms with Crippen LogP contribution in [0.5, 0.6) is 5.75 Å². The Morgan fingerprint density at radius 1 is 1.06 bits per heavy atom. The summed E-state index contributed by atoms with van der Waals surface area (Å²) in [5, 5.41) is 0. The van der Waals surface area contributed by atoms with Crippen molar-refractivity contribution in [3.05, 3.63) is 46.8 Å². The summed E-state index contributed by atoms with van der Waals surface area (Å²) in [6.45, 7) is 9.08. The molecular formula is C26H38N4O5S. The first kappa shape index (κ1) is 26.7. The number of ether oxygens (including phenoxy) is 2. The van der Waals surface area contributed by atoms with Gasteiger partial charge in [0.1, 0.15) is 12.4 Å². The number of sulfonamides is 1. The van der Waals surface area contributed by atoms with Crippen LogP contribution in [0.15, 0.2) is 29.2 Å². The van der Waals surface area contributed by atoms with Gasteiger partial charge in [0.15, 0.2) is 0 Å². The predicted molar refractivity (Wildman–Crippen MR) is 137 cm³/mol. The fourth-order valence-corrected chi connectivity index (χ4v) is 6.71. The number of hydrogen-bond acceptors (Lipinski definition) is 6. The molecule has 0 bridgehead atoms. The third-order valence-corrected chi connectivity index (χ3v) is 9.32. The number of amides is 1. The lowest BCUT2D eigenvalue weighted by Gasteiger charge is -2.30. The highest BCUT2D eigenvalue weighted by molar-refractivity contribution is 7.89. The van der Waals surface area contributed by atoms with E-state index in [0.717, 1.165) is 31.9 Å². The molecule has 198 valence electrons. The predicted octanol–water partition coefficient (Wildman–Crippen LogP) is 2.39. The molecule has 2 aliphatic rings. The minimum absolute atomic E-state index is 0.0597. The molecule has 1 aromatic carbocycles. The number of likely N-dealkylation sites (tertiary alicyclic amines) is 1. The molecule has 4 rings (SSSR count). The fourth-order valence-electron chi connectivity index (χ4n) is 5.15. The number of carbonyl (C=O) groups excluding carboxylic acids is 1. The second-order valence-corrected chi connectivity index (χ2v) is 11.7. The lowest BCUT2D eigenvalue weighted by atomic mass is 10.1. The molecule has 2 aromatic rings. The van der Waals surface area contributed by atoms with Crippen molar-refractivity contribution in [2.45, 2.75) is 51.2 Å². The highest BCUT2D eigenvalue weighted by atomic mass is 32.2. The molecular weight excluding hydrogens is 480 g/mol. The maximum Gasteiger partial charge on any atom is 0.248 e. The van der Waals surface area contributed by atoms with Crippen LogP contribution in [-0.2, 0) is 39.2 Å². The van der Waals surface area contributed by atoms with Crippen LogP contribution < -0.4 is 4.74 Å². The van der Waals surface area contributed by atoms with E-state index in [1.807, 2.05) is 4.90 Å². The number of rotatable bonds is 10. The summed E-state index contributed by atoms with van der Waals surface area (Å²) in [6.07, 6.45) is 2.55. The number of hydrogen-bond donors (Lipinski definition) is 0. The SMILES string of the molecule is COc1cc(C)c(S(=O)(=O)N(C)CCOCC(=O)N2CCn3c(CN4CCCC4)ccc3C2)c(C)c1. The van der Waals surface area contributed by atoms with Gasteiger partial charge in [0.2, 0.25) is 15.9 Å². The Balaban J connectivity index is 1.25. The Morgan fingerprint density at radius 2 is 1.75 bits per heavy atom. The fraction of sp³-hybridized carbons (Fsp3) is 0.577. The van der Waals surface area contributed by atoms with E-state index in [1.54, 1.807) is 33.1 Å². The average molecular weight is 519 g/mol. The molecule has 9 nitrogen and oxygen atoms in total. The van der Waals surface area contributed by atoms with Crippen LogP contribution in [-0.4, -0.2) is 86.5 Å². The van der Waals surface area contributed by atoms with Crippen molar-refractivity contribution in [1.29, 1.82) is 0 Å². The first-order chi connectivity index (χ1) is 17.2. The highest BCUT2D eigenvalue weighted by Gasteiger charge is 2.26. The van der Waals surface area contributed by atoms with Gasteiger partial charge in [-0.15, -0.1) is 0 Å². The zero-order valence-corrected chi connectivity index (χ0v) is 22.6. The number of fused-ring (bicyclic) bond motifs is 1. The van der Waals surface area contributed by atoms with Gasteiger partial charge in [0, 0.05) is 44.6 Å². The second-order valence-electron chi connectivity index (χ2n) is 9.74. The van der Waals surface area contributed by atoms with Gasteiger partial charge in [0.05, 0.1) is 25.2 Å². The molecule has 10 heteroatoms. The van der Waals surface area contributed by atoms with Gasteiger partial charge in [0.25, 0.3) is 0 Å². The highest BCUT2D eigenvalue weighted by Crippen LogP contribution is 2.27. The van der Waals surface area contributed by atoms with E-state index in [0.29, 0.717) is 30.0 Å². The number of nitrogens with zero attached hydrogens (tertiary/aromatic N) is 4. The van der Waals surface area contributed by atoms with Gasteiger partial charge < -0.3 is 18.9 Å². The number of benzene rings is 1. The Labute approximate surface area is 214 Å². The average Bonchev–Trinajstić information content (AvgIpc) is 3.50. The molecule has 0 radical (unpaired) electrons. The molecule has 0 N–H and O–H groups in total. The van der Waals surface area contributed by atoms with E-state index in [1.165, 1.54) is 29.9 Å². The molecule has 1 aromatic heterocycles. The quantitative estimate of drug-likeness (QED) is 0.449. The van der Waals surface area contributed by atoms with Crippen molar-refractivity contribution in [2.24, 2.45) is 0 Å². The van der Waals surface area contributed by atoms with Crippen molar-refractivity contribution in [3.63, 3.8) is 0 Å². The van der Waals surface area contributed by atoms with E-state index in [9.17, 15) is 13.2 Å². The molecule has 0 saturated carbocycles. The second kappa shape index (κ2) is 11.3. The van der Waals surface area contributed by atoms with E-state index in [-0.39, 0.29) is 30.6 Å². The van der Waals surface area contributed by atoms with E-state index < -0.39 is 10.0 Å². The lowest BCUT2D eigenvalue weighted by Crippen LogP contribution is -2.41.